The maximum absolute atomic E-state index is 12.8. The van der Waals surface area contributed by atoms with E-state index in [2.05, 4.69) is 35.6 Å². The molecule has 0 aliphatic carbocycles. The Balaban J connectivity index is 1.70. The largest absolute Gasteiger partial charge is 0.507 e. The smallest absolute Gasteiger partial charge is 0.273 e. The molecular formula is C38H58N4O6. The number of nitrogens with one attached hydrogen (secondary N) is 4. The highest BCUT2D eigenvalue weighted by Crippen LogP contribution is 2.26. The number of hydrazine groups is 2. The van der Waals surface area contributed by atoms with Crippen molar-refractivity contribution in [3.8, 4) is 11.5 Å². The van der Waals surface area contributed by atoms with E-state index < -0.39 is 11.8 Å². The summed E-state index contributed by atoms with van der Waals surface area (Å²) in [4.78, 5) is 50.7. The Bertz CT molecular complexity index is 1310. The van der Waals surface area contributed by atoms with Crippen molar-refractivity contribution in [1.82, 2.24) is 21.7 Å². The summed E-state index contributed by atoms with van der Waals surface area (Å²) >= 11 is 0. The number of aryl methyl sites for hydroxylation is 2. The van der Waals surface area contributed by atoms with Crippen molar-refractivity contribution in [2.24, 2.45) is 11.8 Å². The van der Waals surface area contributed by atoms with Gasteiger partial charge < -0.3 is 10.2 Å². The lowest BCUT2D eigenvalue weighted by Crippen LogP contribution is -2.44. The third kappa shape index (κ3) is 13.6. The minimum absolute atomic E-state index is 0.0457. The number of rotatable bonds is 21. The fraction of sp³-hybridized carbons (Fsp3) is 0.579. The summed E-state index contributed by atoms with van der Waals surface area (Å²) in [5.74, 6) is -2.43. The Morgan fingerprint density at radius 2 is 1.04 bits per heavy atom. The summed E-state index contributed by atoms with van der Waals surface area (Å²) in [6.45, 7) is 7.99. The molecule has 0 saturated heterocycles. The van der Waals surface area contributed by atoms with Gasteiger partial charge in [0.05, 0.1) is 11.1 Å². The lowest BCUT2D eigenvalue weighted by Gasteiger charge is -2.17. The normalized spacial score (nSPS) is 12.2. The van der Waals surface area contributed by atoms with Crippen molar-refractivity contribution >= 4 is 23.6 Å². The average molecular weight is 667 g/mol. The van der Waals surface area contributed by atoms with Crippen molar-refractivity contribution in [2.45, 2.75) is 130 Å². The SMILES string of the molecule is CCCCCCc1cccc(C(=O)NNC(=O)C(C)CCCCCC(CC)C(=O)NNC(=O)c2cccc(CCCCCC)c2O)c1O. The average Bonchev–Trinajstić information content (AvgIpc) is 3.08. The minimum atomic E-state index is -0.563. The highest BCUT2D eigenvalue weighted by Gasteiger charge is 2.20. The van der Waals surface area contributed by atoms with Crippen molar-refractivity contribution in [3.63, 3.8) is 0 Å². The van der Waals surface area contributed by atoms with Crippen LogP contribution < -0.4 is 21.7 Å². The molecule has 0 fully saturated rings. The van der Waals surface area contributed by atoms with Crippen molar-refractivity contribution in [3.05, 3.63) is 58.7 Å². The number of aromatic hydroxyl groups is 2. The van der Waals surface area contributed by atoms with E-state index in [-0.39, 0.29) is 46.3 Å². The van der Waals surface area contributed by atoms with Gasteiger partial charge in [0.2, 0.25) is 11.8 Å². The zero-order chi connectivity index (χ0) is 35.3. The summed E-state index contributed by atoms with van der Waals surface area (Å²) in [5.41, 5.74) is 11.6. The molecule has 0 heterocycles. The minimum Gasteiger partial charge on any atom is -0.507 e. The van der Waals surface area contributed by atoms with Crippen molar-refractivity contribution in [1.29, 1.82) is 0 Å². The molecule has 2 rings (SSSR count). The molecule has 10 nitrogen and oxygen atoms in total. The van der Waals surface area contributed by atoms with E-state index in [4.69, 9.17) is 0 Å². The van der Waals surface area contributed by atoms with Crippen LogP contribution in [0.3, 0.4) is 0 Å². The van der Waals surface area contributed by atoms with Gasteiger partial charge in [0, 0.05) is 11.8 Å². The van der Waals surface area contributed by atoms with Crippen molar-refractivity contribution in [2.75, 3.05) is 0 Å². The zero-order valence-corrected chi connectivity index (χ0v) is 29.5. The first-order chi connectivity index (χ1) is 23.1. The van der Waals surface area contributed by atoms with Crippen LogP contribution in [0.15, 0.2) is 36.4 Å². The topological polar surface area (TPSA) is 157 Å². The van der Waals surface area contributed by atoms with Crippen LogP contribution in [-0.2, 0) is 22.4 Å². The first kappa shape index (κ1) is 40.1. The maximum atomic E-state index is 12.8. The molecule has 10 heteroatoms. The second-order valence-electron chi connectivity index (χ2n) is 12.8. The van der Waals surface area contributed by atoms with Crippen LogP contribution in [0.4, 0.5) is 0 Å². The van der Waals surface area contributed by atoms with Gasteiger partial charge in [0.1, 0.15) is 11.5 Å². The first-order valence-electron chi connectivity index (χ1n) is 18.0. The van der Waals surface area contributed by atoms with Gasteiger partial charge in [-0.05, 0) is 68.2 Å². The van der Waals surface area contributed by atoms with Crippen molar-refractivity contribution < 1.29 is 29.4 Å². The molecule has 0 bridgehead atoms. The molecule has 0 saturated carbocycles. The number of benzene rings is 2. The van der Waals surface area contributed by atoms with Gasteiger partial charge in [-0.3, -0.25) is 40.9 Å². The summed E-state index contributed by atoms with van der Waals surface area (Å²) < 4.78 is 0. The number of phenols is 2. The Hall–Kier alpha value is -4.08. The van der Waals surface area contributed by atoms with E-state index in [1.54, 1.807) is 25.1 Å². The van der Waals surface area contributed by atoms with Crippen LogP contribution in [-0.4, -0.2) is 33.8 Å². The van der Waals surface area contributed by atoms with E-state index in [0.717, 1.165) is 81.8 Å². The van der Waals surface area contributed by atoms with Gasteiger partial charge in [-0.15, -0.1) is 0 Å². The van der Waals surface area contributed by atoms with Crippen LogP contribution in [0.2, 0.25) is 0 Å². The third-order valence-electron chi connectivity index (χ3n) is 8.93. The number of hydrogen-bond donors (Lipinski definition) is 6. The first-order valence-corrected chi connectivity index (χ1v) is 18.0. The lowest BCUT2D eigenvalue weighted by atomic mass is 9.96. The number of carbonyl (C=O) groups excluding carboxylic acids is 4. The predicted octanol–water partition coefficient (Wildman–Crippen LogP) is 7.18. The molecular weight excluding hydrogens is 608 g/mol. The Kier molecular flexibility index (Phi) is 18.8. The number of hydrogen-bond acceptors (Lipinski definition) is 6. The number of carbonyl (C=O) groups is 4. The molecule has 266 valence electrons. The quantitative estimate of drug-likeness (QED) is 0.0612. The van der Waals surface area contributed by atoms with Crippen LogP contribution in [0.1, 0.15) is 149 Å². The monoisotopic (exact) mass is 666 g/mol. The van der Waals surface area contributed by atoms with Crippen LogP contribution in [0.25, 0.3) is 0 Å². The highest BCUT2D eigenvalue weighted by atomic mass is 16.3. The number of para-hydroxylation sites is 2. The Morgan fingerprint density at radius 3 is 1.52 bits per heavy atom. The van der Waals surface area contributed by atoms with E-state index >= 15 is 0 Å². The Labute approximate surface area is 286 Å². The highest BCUT2D eigenvalue weighted by molar-refractivity contribution is 5.99. The fourth-order valence-corrected chi connectivity index (χ4v) is 5.70. The molecule has 2 aromatic rings. The van der Waals surface area contributed by atoms with Crippen LogP contribution in [0.5, 0.6) is 11.5 Å². The van der Waals surface area contributed by atoms with E-state index in [1.807, 2.05) is 19.1 Å². The maximum Gasteiger partial charge on any atom is 0.273 e. The number of phenolic OH excluding ortho intramolecular Hbond substituents is 2. The Morgan fingerprint density at radius 1 is 0.583 bits per heavy atom. The molecule has 2 aromatic carbocycles. The van der Waals surface area contributed by atoms with Crippen LogP contribution in [0, 0.1) is 11.8 Å². The summed E-state index contributed by atoms with van der Waals surface area (Å²) in [5, 5.41) is 21.2. The van der Waals surface area contributed by atoms with E-state index in [1.165, 1.54) is 6.07 Å². The molecule has 2 unspecified atom stereocenters. The predicted molar refractivity (Wildman–Crippen MR) is 189 cm³/mol. The van der Waals surface area contributed by atoms with Gasteiger partial charge in [-0.1, -0.05) is 110 Å². The summed E-state index contributed by atoms with van der Waals surface area (Å²) in [6, 6.07) is 10.2. The zero-order valence-electron chi connectivity index (χ0n) is 29.5. The number of amides is 4. The summed E-state index contributed by atoms with van der Waals surface area (Å²) in [7, 11) is 0. The standard InChI is InChI=1S/C38H58N4O6/c1-5-8-10-14-21-29-23-17-25-31(33(29)43)37(47)41-39-35(45)27(4)19-13-12-16-20-28(7-3)36(46)40-42-38(48)32-26-18-24-30(34(32)44)22-15-11-9-6-2/h17-18,23-28,43-44H,5-16,19-22H2,1-4H3,(H,39,45)(H,40,46)(H,41,47)(H,42,48). The summed E-state index contributed by atoms with van der Waals surface area (Å²) in [6.07, 6.45) is 14.1. The molecule has 0 radical (unpaired) electrons. The fourth-order valence-electron chi connectivity index (χ4n) is 5.70. The van der Waals surface area contributed by atoms with E-state index in [9.17, 15) is 29.4 Å². The van der Waals surface area contributed by atoms with Gasteiger partial charge in [0.25, 0.3) is 11.8 Å². The number of unbranched alkanes of at least 4 members (excludes halogenated alkanes) is 8. The van der Waals surface area contributed by atoms with Crippen LogP contribution >= 0.6 is 0 Å². The molecule has 48 heavy (non-hydrogen) atoms. The molecule has 0 aliphatic heterocycles. The lowest BCUT2D eigenvalue weighted by molar-refractivity contribution is -0.126. The molecule has 6 N–H and O–H groups in total. The molecule has 0 spiro atoms. The van der Waals surface area contributed by atoms with Gasteiger partial charge in [0.15, 0.2) is 0 Å². The van der Waals surface area contributed by atoms with Gasteiger partial charge >= 0.3 is 0 Å². The van der Waals surface area contributed by atoms with E-state index in [0.29, 0.717) is 32.1 Å². The second kappa shape index (κ2) is 22.5. The molecule has 0 aliphatic rings. The molecule has 2 atom stereocenters. The molecule has 0 aromatic heterocycles. The van der Waals surface area contributed by atoms with Gasteiger partial charge in [-0.25, -0.2) is 0 Å². The van der Waals surface area contributed by atoms with Gasteiger partial charge in [-0.2, -0.15) is 0 Å². The molecule has 4 amide bonds. The second-order valence-corrected chi connectivity index (χ2v) is 12.8. The third-order valence-corrected chi connectivity index (χ3v) is 8.93.